The summed E-state index contributed by atoms with van der Waals surface area (Å²) in [6, 6.07) is 3.32. The van der Waals surface area contributed by atoms with Gasteiger partial charge in [-0.15, -0.1) is 0 Å². The van der Waals surface area contributed by atoms with Crippen LogP contribution in [0.15, 0.2) is 23.3 Å². The van der Waals surface area contributed by atoms with Crippen LogP contribution >= 0.6 is 0 Å². The molecule has 2 aromatic rings. The molecule has 2 aliphatic rings. The minimum atomic E-state index is -0.475. The lowest BCUT2D eigenvalue weighted by atomic mass is 9.78. The van der Waals surface area contributed by atoms with E-state index in [1.807, 2.05) is 11.8 Å². The Morgan fingerprint density at radius 1 is 1.21 bits per heavy atom. The van der Waals surface area contributed by atoms with Crippen molar-refractivity contribution in [2.24, 2.45) is 0 Å². The molecule has 2 amide bonds. The van der Waals surface area contributed by atoms with E-state index in [0.717, 1.165) is 23.5 Å². The minimum Gasteiger partial charge on any atom is -0.348 e. The van der Waals surface area contributed by atoms with Gasteiger partial charge >= 0.3 is 0 Å². The van der Waals surface area contributed by atoms with E-state index >= 15 is 0 Å². The van der Waals surface area contributed by atoms with Gasteiger partial charge in [0.2, 0.25) is 5.91 Å². The number of likely N-dealkylation sites (tertiary alicyclic amines) is 1. The molecule has 1 saturated heterocycles. The van der Waals surface area contributed by atoms with Crippen molar-refractivity contribution in [3.05, 3.63) is 51.5 Å². The van der Waals surface area contributed by atoms with Gasteiger partial charge < -0.3 is 19.8 Å². The minimum absolute atomic E-state index is 0.114. The van der Waals surface area contributed by atoms with Crippen molar-refractivity contribution in [3.63, 3.8) is 0 Å². The van der Waals surface area contributed by atoms with Gasteiger partial charge in [-0.2, -0.15) is 0 Å². The predicted molar refractivity (Wildman–Crippen MR) is 103 cm³/mol. The van der Waals surface area contributed by atoms with E-state index < -0.39 is 5.54 Å². The summed E-state index contributed by atoms with van der Waals surface area (Å²) in [5, 5.41) is 0. The number of carbonyl (C=O) groups is 2. The first-order chi connectivity index (χ1) is 13.5. The number of amides is 2. The number of aromatic amines is 2. The largest absolute Gasteiger partial charge is 0.348 e. The molecule has 0 bridgehead atoms. The quantitative estimate of drug-likeness (QED) is 0.817. The summed E-state index contributed by atoms with van der Waals surface area (Å²) in [7, 11) is 0. The van der Waals surface area contributed by atoms with Crippen LogP contribution in [0.5, 0.6) is 0 Å². The summed E-state index contributed by atoms with van der Waals surface area (Å²) in [6.07, 6.45) is 4.14. The van der Waals surface area contributed by atoms with Gasteiger partial charge in [-0.05, 0) is 31.9 Å². The molecule has 2 N–H and O–H groups in total. The fourth-order valence-corrected chi connectivity index (χ4v) is 4.53. The van der Waals surface area contributed by atoms with E-state index in [2.05, 4.69) is 15.0 Å². The Morgan fingerprint density at radius 2 is 1.96 bits per heavy atom. The van der Waals surface area contributed by atoms with Gasteiger partial charge in [0, 0.05) is 43.9 Å². The van der Waals surface area contributed by atoms with Crippen LogP contribution in [0.25, 0.3) is 0 Å². The van der Waals surface area contributed by atoms with Crippen molar-refractivity contribution < 1.29 is 9.59 Å². The van der Waals surface area contributed by atoms with Crippen LogP contribution in [-0.2, 0) is 16.8 Å². The second-order valence-corrected chi connectivity index (χ2v) is 7.59. The summed E-state index contributed by atoms with van der Waals surface area (Å²) in [5.41, 5.74) is 2.06. The van der Waals surface area contributed by atoms with Crippen LogP contribution < -0.4 is 5.56 Å². The molecule has 1 fully saturated rings. The SMILES string of the molecule is CCC(=O)N1CCc2[nH]cnc2C12CCN(C(=O)c1ccc(C)[nH]c1=O)CC2. The third-order valence-electron chi connectivity index (χ3n) is 6.03. The van der Waals surface area contributed by atoms with Crippen LogP contribution in [-0.4, -0.2) is 56.2 Å². The fraction of sp³-hybridized carbons (Fsp3) is 0.500. The Balaban J connectivity index is 1.60. The normalized spacial score (nSPS) is 18.2. The molecule has 148 valence electrons. The zero-order valence-corrected chi connectivity index (χ0v) is 16.2. The molecular formula is C20H25N5O3. The highest BCUT2D eigenvalue weighted by atomic mass is 16.2. The Morgan fingerprint density at radius 3 is 2.64 bits per heavy atom. The number of rotatable bonds is 2. The number of hydrogen-bond acceptors (Lipinski definition) is 4. The number of aryl methyl sites for hydroxylation is 1. The van der Waals surface area contributed by atoms with E-state index in [1.165, 1.54) is 0 Å². The van der Waals surface area contributed by atoms with E-state index in [-0.39, 0.29) is 22.9 Å². The molecule has 0 radical (unpaired) electrons. The van der Waals surface area contributed by atoms with Crippen molar-refractivity contribution >= 4 is 11.8 Å². The summed E-state index contributed by atoms with van der Waals surface area (Å²) in [4.78, 5) is 51.8. The number of piperidine rings is 1. The van der Waals surface area contributed by atoms with Crippen LogP contribution in [0, 0.1) is 6.92 Å². The lowest BCUT2D eigenvalue weighted by Gasteiger charge is -2.50. The maximum absolute atomic E-state index is 12.9. The van der Waals surface area contributed by atoms with E-state index in [1.54, 1.807) is 30.3 Å². The highest BCUT2D eigenvalue weighted by Gasteiger charge is 2.48. The number of nitrogens with one attached hydrogen (secondary N) is 2. The van der Waals surface area contributed by atoms with E-state index in [4.69, 9.17) is 0 Å². The highest BCUT2D eigenvalue weighted by Crippen LogP contribution is 2.42. The first-order valence-electron chi connectivity index (χ1n) is 9.78. The number of H-pyrrole nitrogens is 2. The topological polar surface area (TPSA) is 102 Å². The van der Waals surface area contributed by atoms with Crippen LogP contribution in [0.1, 0.15) is 53.6 Å². The molecule has 0 unspecified atom stereocenters. The smallest absolute Gasteiger partial charge is 0.260 e. The number of aromatic nitrogens is 3. The number of pyridine rings is 1. The average molecular weight is 383 g/mol. The molecule has 0 atom stereocenters. The Hall–Kier alpha value is -2.90. The molecule has 0 aromatic carbocycles. The molecule has 8 heteroatoms. The number of nitrogens with zero attached hydrogens (tertiary/aromatic N) is 3. The van der Waals surface area contributed by atoms with Crippen molar-refractivity contribution in [3.8, 4) is 0 Å². The van der Waals surface area contributed by atoms with Crippen molar-refractivity contribution in [1.82, 2.24) is 24.8 Å². The lowest BCUT2D eigenvalue weighted by Crippen LogP contribution is -2.59. The molecule has 0 aliphatic carbocycles. The molecule has 8 nitrogen and oxygen atoms in total. The molecule has 4 rings (SSSR count). The maximum atomic E-state index is 12.9. The Labute approximate surface area is 163 Å². The standard InChI is InChI=1S/C20H25N5O3/c1-3-16(26)25-9-6-15-17(22-12-21-15)20(25)7-10-24(11-8-20)19(28)14-5-4-13(2)23-18(14)27/h4-5,12H,3,6-11H2,1-2H3,(H,21,22)(H,23,27). The Bertz CT molecular complexity index is 968. The van der Waals surface area contributed by atoms with Crippen molar-refractivity contribution in [2.45, 2.75) is 45.1 Å². The van der Waals surface area contributed by atoms with Gasteiger partial charge in [0.15, 0.2) is 0 Å². The fourth-order valence-electron chi connectivity index (χ4n) is 4.53. The van der Waals surface area contributed by atoms with Crippen LogP contribution in [0.3, 0.4) is 0 Å². The third-order valence-corrected chi connectivity index (χ3v) is 6.03. The zero-order valence-electron chi connectivity index (χ0n) is 16.2. The first kappa shape index (κ1) is 18.5. The van der Waals surface area contributed by atoms with Crippen molar-refractivity contribution in [2.75, 3.05) is 19.6 Å². The average Bonchev–Trinajstić information content (AvgIpc) is 3.18. The van der Waals surface area contributed by atoms with Gasteiger partial charge in [-0.3, -0.25) is 14.4 Å². The third kappa shape index (κ3) is 2.83. The second kappa shape index (κ2) is 6.92. The molecular weight excluding hydrogens is 358 g/mol. The number of imidazole rings is 1. The number of hydrogen-bond donors (Lipinski definition) is 2. The zero-order chi connectivity index (χ0) is 19.9. The van der Waals surface area contributed by atoms with Gasteiger partial charge in [0.05, 0.1) is 17.6 Å². The predicted octanol–water partition coefficient (Wildman–Crippen LogP) is 1.33. The molecule has 2 aromatic heterocycles. The summed E-state index contributed by atoms with van der Waals surface area (Å²) >= 11 is 0. The molecule has 2 aliphatic heterocycles. The Kier molecular flexibility index (Phi) is 4.56. The summed E-state index contributed by atoms with van der Waals surface area (Å²) in [5.74, 6) is -0.147. The van der Waals surface area contributed by atoms with Crippen molar-refractivity contribution in [1.29, 1.82) is 0 Å². The van der Waals surface area contributed by atoms with Gasteiger partial charge in [0.25, 0.3) is 11.5 Å². The van der Waals surface area contributed by atoms with Gasteiger partial charge in [-0.1, -0.05) is 6.92 Å². The molecule has 1 spiro atoms. The van der Waals surface area contributed by atoms with Crippen LogP contribution in [0.2, 0.25) is 0 Å². The lowest BCUT2D eigenvalue weighted by molar-refractivity contribution is -0.141. The monoisotopic (exact) mass is 383 g/mol. The highest BCUT2D eigenvalue weighted by molar-refractivity contribution is 5.94. The van der Waals surface area contributed by atoms with E-state index in [0.29, 0.717) is 38.9 Å². The van der Waals surface area contributed by atoms with Gasteiger partial charge in [-0.25, -0.2) is 4.98 Å². The molecule has 28 heavy (non-hydrogen) atoms. The van der Waals surface area contributed by atoms with Crippen LogP contribution in [0.4, 0.5) is 0 Å². The van der Waals surface area contributed by atoms with E-state index in [9.17, 15) is 14.4 Å². The second-order valence-electron chi connectivity index (χ2n) is 7.59. The summed E-state index contributed by atoms with van der Waals surface area (Å²) in [6.45, 7) is 5.27. The van der Waals surface area contributed by atoms with Gasteiger partial charge in [0.1, 0.15) is 5.56 Å². The first-order valence-corrected chi connectivity index (χ1v) is 9.78. The summed E-state index contributed by atoms with van der Waals surface area (Å²) < 4.78 is 0. The molecule has 4 heterocycles. The number of fused-ring (bicyclic) bond motifs is 2. The maximum Gasteiger partial charge on any atom is 0.260 e. The molecule has 0 saturated carbocycles. The number of carbonyl (C=O) groups excluding carboxylic acids is 2.